The van der Waals surface area contributed by atoms with Crippen LogP contribution in [0.5, 0.6) is 0 Å². The minimum absolute atomic E-state index is 0.0806. The van der Waals surface area contributed by atoms with Gasteiger partial charge in [-0.1, -0.05) is 24.4 Å². The molecule has 5 nitrogen and oxygen atoms in total. The standard InChI is InChI=1S/C19H23ClN2O3S/c1-13-17(26-11-10-25-13)18(23)21-16-7-6-14(20)12-15(16)19(24)22-8-4-2-3-5-9-22/h6-7,12H,2-5,8-11H2,1H3,(H,21,23). The first-order valence-electron chi connectivity index (χ1n) is 8.93. The third-order valence-electron chi connectivity index (χ3n) is 4.53. The first-order valence-corrected chi connectivity index (χ1v) is 10.3. The lowest BCUT2D eigenvalue weighted by atomic mass is 10.1. The van der Waals surface area contributed by atoms with Crippen LogP contribution < -0.4 is 5.32 Å². The third-order valence-corrected chi connectivity index (χ3v) is 5.90. The normalized spacial score (nSPS) is 18.2. The highest BCUT2D eigenvalue weighted by Crippen LogP contribution is 2.29. The number of hydrogen-bond donors (Lipinski definition) is 1. The molecule has 0 saturated carbocycles. The van der Waals surface area contributed by atoms with Crippen LogP contribution in [-0.4, -0.2) is 42.2 Å². The molecule has 0 radical (unpaired) electrons. The van der Waals surface area contributed by atoms with Gasteiger partial charge in [0, 0.05) is 23.9 Å². The van der Waals surface area contributed by atoms with Gasteiger partial charge in [-0.2, -0.15) is 0 Å². The van der Waals surface area contributed by atoms with Crippen molar-refractivity contribution in [3.05, 3.63) is 39.4 Å². The zero-order valence-electron chi connectivity index (χ0n) is 14.8. The molecule has 140 valence electrons. The summed E-state index contributed by atoms with van der Waals surface area (Å²) in [6.07, 6.45) is 4.31. The molecule has 0 unspecified atom stereocenters. The average Bonchev–Trinajstić information content (AvgIpc) is 2.92. The lowest BCUT2D eigenvalue weighted by Crippen LogP contribution is -2.32. The van der Waals surface area contributed by atoms with Gasteiger partial charge in [0.05, 0.1) is 17.9 Å². The number of carbonyl (C=O) groups excluding carboxylic acids is 2. The quantitative estimate of drug-likeness (QED) is 0.830. The fourth-order valence-electron chi connectivity index (χ4n) is 3.16. The van der Waals surface area contributed by atoms with Crippen LogP contribution in [0.2, 0.25) is 5.02 Å². The second kappa shape index (κ2) is 8.82. The molecule has 0 bridgehead atoms. The number of thioether (sulfide) groups is 1. The Hall–Kier alpha value is -1.66. The molecule has 1 aromatic rings. The van der Waals surface area contributed by atoms with Crippen LogP contribution >= 0.6 is 23.4 Å². The van der Waals surface area contributed by atoms with Crippen LogP contribution in [0.3, 0.4) is 0 Å². The smallest absolute Gasteiger partial charge is 0.265 e. The number of allylic oxidation sites excluding steroid dienone is 1. The minimum atomic E-state index is -0.251. The Morgan fingerprint density at radius 2 is 1.92 bits per heavy atom. The van der Waals surface area contributed by atoms with Crippen molar-refractivity contribution in [3.63, 3.8) is 0 Å². The van der Waals surface area contributed by atoms with Gasteiger partial charge in [-0.15, -0.1) is 11.8 Å². The number of amides is 2. The van der Waals surface area contributed by atoms with Crippen LogP contribution in [0, 0.1) is 0 Å². The van der Waals surface area contributed by atoms with Crippen LogP contribution in [0.25, 0.3) is 0 Å². The zero-order chi connectivity index (χ0) is 18.5. The number of ether oxygens (including phenoxy) is 1. The van der Waals surface area contributed by atoms with Gasteiger partial charge in [0.2, 0.25) is 0 Å². The number of rotatable bonds is 3. The molecule has 26 heavy (non-hydrogen) atoms. The molecule has 1 fully saturated rings. The minimum Gasteiger partial charge on any atom is -0.496 e. The highest BCUT2D eigenvalue weighted by atomic mass is 35.5. The molecule has 0 aromatic heterocycles. The highest BCUT2D eigenvalue weighted by molar-refractivity contribution is 8.04. The van der Waals surface area contributed by atoms with Gasteiger partial charge >= 0.3 is 0 Å². The molecule has 3 rings (SSSR count). The summed E-state index contributed by atoms with van der Waals surface area (Å²) in [7, 11) is 0. The van der Waals surface area contributed by atoms with Gasteiger partial charge in [-0.05, 0) is 38.0 Å². The first kappa shape index (κ1) is 19.1. The lowest BCUT2D eigenvalue weighted by Gasteiger charge is -2.23. The summed E-state index contributed by atoms with van der Waals surface area (Å²) in [6, 6.07) is 5.01. The molecule has 0 aliphatic carbocycles. The van der Waals surface area contributed by atoms with E-state index < -0.39 is 0 Å². The van der Waals surface area contributed by atoms with Crippen molar-refractivity contribution < 1.29 is 14.3 Å². The molecule has 2 amide bonds. The number of nitrogens with zero attached hydrogens (tertiary/aromatic N) is 1. The van der Waals surface area contributed by atoms with Gasteiger partial charge in [0.25, 0.3) is 11.8 Å². The van der Waals surface area contributed by atoms with Crippen molar-refractivity contribution in [1.29, 1.82) is 0 Å². The number of benzene rings is 1. The molecule has 7 heteroatoms. The molecule has 2 aliphatic rings. The second-order valence-electron chi connectivity index (χ2n) is 6.43. The van der Waals surface area contributed by atoms with E-state index in [9.17, 15) is 9.59 Å². The molecular weight excluding hydrogens is 372 g/mol. The largest absolute Gasteiger partial charge is 0.496 e. The number of hydrogen-bond acceptors (Lipinski definition) is 4. The van der Waals surface area contributed by atoms with Crippen molar-refractivity contribution in [1.82, 2.24) is 4.90 Å². The van der Waals surface area contributed by atoms with E-state index in [1.54, 1.807) is 25.1 Å². The zero-order valence-corrected chi connectivity index (χ0v) is 16.4. The first-order chi connectivity index (χ1) is 12.6. The fraction of sp³-hybridized carbons (Fsp3) is 0.474. The Morgan fingerprint density at radius 3 is 2.62 bits per heavy atom. The van der Waals surface area contributed by atoms with Crippen LogP contribution in [-0.2, 0) is 9.53 Å². The SMILES string of the molecule is CC1=C(C(=O)Nc2ccc(Cl)cc2C(=O)N2CCCCCC2)SCCO1. The van der Waals surface area contributed by atoms with Crippen molar-refractivity contribution >= 4 is 40.9 Å². The Labute approximate surface area is 163 Å². The summed E-state index contributed by atoms with van der Waals surface area (Å²) in [5.74, 6) is 1.02. The van der Waals surface area contributed by atoms with Crippen molar-refractivity contribution in [2.75, 3.05) is 30.8 Å². The Balaban J connectivity index is 1.83. The van der Waals surface area contributed by atoms with Gasteiger partial charge in [-0.3, -0.25) is 9.59 Å². The molecule has 0 atom stereocenters. The van der Waals surface area contributed by atoms with Gasteiger partial charge in [0.15, 0.2) is 0 Å². The van der Waals surface area contributed by atoms with Gasteiger partial charge in [0.1, 0.15) is 10.7 Å². The maximum atomic E-state index is 13.0. The predicted octanol–water partition coefficient (Wildman–Crippen LogP) is 4.29. The van der Waals surface area contributed by atoms with Crippen molar-refractivity contribution in [3.8, 4) is 0 Å². The van der Waals surface area contributed by atoms with Crippen molar-refractivity contribution in [2.24, 2.45) is 0 Å². The van der Waals surface area contributed by atoms with Gasteiger partial charge < -0.3 is 15.0 Å². The molecular formula is C19H23ClN2O3S. The number of halogens is 1. The molecule has 2 aliphatic heterocycles. The number of likely N-dealkylation sites (tertiary alicyclic amines) is 1. The summed E-state index contributed by atoms with van der Waals surface area (Å²) >= 11 is 7.59. The predicted molar refractivity (Wildman–Crippen MR) is 106 cm³/mol. The second-order valence-corrected chi connectivity index (χ2v) is 7.97. The Morgan fingerprint density at radius 1 is 1.19 bits per heavy atom. The van der Waals surface area contributed by atoms with Crippen molar-refractivity contribution in [2.45, 2.75) is 32.6 Å². The van der Waals surface area contributed by atoms with Crippen LogP contribution in [0.1, 0.15) is 43.0 Å². The van der Waals surface area contributed by atoms with E-state index in [-0.39, 0.29) is 11.8 Å². The van der Waals surface area contributed by atoms with E-state index in [1.165, 1.54) is 11.8 Å². The van der Waals surface area contributed by atoms with E-state index in [0.29, 0.717) is 33.5 Å². The monoisotopic (exact) mass is 394 g/mol. The fourth-order valence-corrected chi connectivity index (χ4v) is 4.14. The number of nitrogens with one attached hydrogen (secondary N) is 1. The molecule has 2 heterocycles. The summed E-state index contributed by atoms with van der Waals surface area (Å²) in [5, 5.41) is 3.35. The summed E-state index contributed by atoms with van der Waals surface area (Å²) in [4.78, 5) is 28.1. The summed E-state index contributed by atoms with van der Waals surface area (Å²) in [5.41, 5.74) is 0.924. The molecule has 1 aromatic carbocycles. The Bertz CT molecular complexity index is 727. The van der Waals surface area contributed by atoms with E-state index in [4.69, 9.17) is 16.3 Å². The molecule has 1 saturated heterocycles. The third kappa shape index (κ3) is 4.54. The highest BCUT2D eigenvalue weighted by Gasteiger charge is 2.24. The van der Waals surface area contributed by atoms with Crippen LogP contribution in [0.15, 0.2) is 28.9 Å². The lowest BCUT2D eigenvalue weighted by molar-refractivity contribution is -0.112. The van der Waals surface area contributed by atoms with E-state index >= 15 is 0 Å². The topological polar surface area (TPSA) is 58.6 Å². The molecule has 0 spiro atoms. The summed E-state index contributed by atoms with van der Waals surface area (Å²) in [6.45, 7) is 3.87. The van der Waals surface area contributed by atoms with E-state index in [2.05, 4.69) is 5.32 Å². The molecule has 1 N–H and O–H groups in total. The number of carbonyl (C=O) groups is 2. The Kier molecular flexibility index (Phi) is 6.48. The maximum Gasteiger partial charge on any atom is 0.265 e. The number of anilines is 1. The summed E-state index contributed by atoms with van der Waals surface area (Å²) < 4.78 is 5.46. The average molecular weight is 395 g/mol. The maximum absolute atomic E-state index is 13.0. The van der Waals surface area contributed by atoms with E-state index in [0.717, 1.165) is 44.5 Å². The van der Waals surface area contributed by atoms with E-state index in [1.807, 2.05) is 4.90 Å². The van der Waals surface area contributed by atoms with Crippen LogP contribution in [0.4, 0.5) is 5.69 Å². The van der Waals surface area contributed by atoms with Gasteiger partial charge in [-0.25, -0.2) is 0 Å².